The number of benzene rings is 2. The molecule has 0 radical (unpaired) electrons. The first-order chi connectivity index (χ1) is 14.1. The number of aromatic nitrogens is 2. The van der Waals surface area contributed by atoms with Crippen molar-refractivity contribution in [3.8, 4) is 0 Å². The molecule has 150 valence electrons. The fourth-order valence-corrected chi connectivity index (χ4v) is 4.04. The number of rotatable bonds is 6. The summed E-state index contributed by atoms with van der Waals surface area (Å²) in [5, 5.41) is 2.94. The fourth-order valence-electron chi connectivity index (χ4n) is 4.04. The lowest BCUT2D eigenvalue weighted by Gasteiger charge is -2.25. The Morgan fingerprint density at radius 3 is 2.93 bits per heavy atom. The van der Waals surface area contributed by atoms with E-state index < -0.39 is 0 Å². The molecule has 2 aromatic carbocycles. The maximum absolute atomic E-state index is 12.6. The number of imidazole rings is 1. The molecule has 6 heteroatoms. The number of nitrogens with zero attached hydrogens (tertiary/aromatic N) is 1. The van der Waals surface area contributed by atoms with Crippen LogP contribution >= 0.6 is 0 Å². The van der Waals surface area contributed by atoms with E-state index >= 15 is 0 Å². The van der Waals surface area contributed by atoms with Crippen molar-refractivity contribution in [3.05, 3.63) is 65.0 Å². The summed E-state index contributed by atoms with van der Waals surface area (Å²) in [6.07, 6.45) is 3.32. The van der Waals surface area contributed by atoms with Crippen molar-refractivity contribution >= 4 is 22.9 Å². The van der Waals surface area contributed by atoms with E-state index in [1.54, 1.807) is 0 Å². The van der Waals surface area contributed by atoms with Crippen LogP contribution in [0.5, 0.6) is 0 Å². The van der Waals surface area contributed by atoms with Gasteiger partial charge < -0.3 is 15.0 Å². The number of esters is 1. The van der Waals surface area contributed by atoms with Crippen LogP contribution in [0, 0.1) is 0 Å². The van der Waals surface area contributed by atoms with Crippen molar-refractivity contribution in [1.29, 1.82) is 0 Å². The van der Waals surface area contributed by atoms with Gasteiger partial charge in [0, 0.05) is 5.56 Å². The monoisotopic (exact) mass is 391 g/mol. The topological polar surface area (TPSA) is 84.1 Å². The van der Waals surface area contributed by atoms with Crippen LogP contribution in [0.15, 0.2) is 42.5 Å². The number of carbonyl (C=O) groups is 2. The van der Waals surface area contributed by atoms with E-state index in [9.17, 15) is 9.59 Å². The Labute approximate surface area is 169 Å². The molecule has 1 heterocycles. The van der Waals surface area contributed by atoms with Crippen molar-refractivity contribution < 1.29 is 14.3 Å². The molecule has 29 heavy (non-hydrogen) atoms. The molecule has 0 saturated heterocycles. The quantitative estimate of drug-likeness (QED) is 0.625. The zero-order chi connectivity index (χ0) is 20.2. The summed E-state index contributed by atoms with van der Waals surface area (Å²) in [5.41, 5.74) is 4.80. The van der Waals surface area contributed by atoms with Crippen molar-refractivity contribution in [2.24, 2.45) is 0 Å². The minimum atomic E-state index is -0.155. The standard InChI is InChI=1S/C23H25N3O3/c1-2-29-22(27)13-16-7-5-6-15-12-17(10-11-18(15)16)23(28)24-14-21-25-19-8-3-4-9-20(19)26-21/h3-4,8-12,16H,2,5-7,13-14H2,1H3,(H,24,28)(H,25,26). The SMILES string of the molecule is CCOC(=O)CC1CCCc2cc(C(=O)NCc3nc4ccccc4[nH]3)ccc21. The third kappa shape index (κ3) is 4.31. The van der Waals surface area contributed by atoms with Gasteiger partial charge in [-0.05, 0) is 67.5 Å². The predicted molar refractivity (Wildman–Crippen MR) is 111 cm³/mol. The Kier molecular flexibility index (Phi) is 5.60. The van der Waals surface area contributed by atoms with Crippen molar-refractivity contribution in [1.82, 2.24) is 15.3 Å². The van der Waals surface area contributed by atoms with Crippen LogP contribution in [-0.4, -0.2) is 28.5 Å². The minimum absolute atomic E-state index is 0.124. The number of hydrogen-bond acceptors (Lipinski definition) is 4. The van der Waals surface area contributed by atoms with Crippen LogP contribution in [0.2, 0.25) is 0 Å². The zero-order valence-corrected chi connectivity index (χ0v) is 16.5. The van der Waals surface area contributed by atoms with Gasteiger partial charge in [-0.2, -0.15) is 0 Å². The van der Waals surface area contributed by atoms with Gasteiger partial charge in [0.2, 0.25) is 0 Å². The average molecular weight is 391 g/mol. The van der Waals surface area contributed by atoms with Crippen molar-refractivity contribution in [2.45, 2.75) is 45.1 Å². The fraction of sp³-hybridized carbons (Fsp3) is 0.348. The Morgan fingerprint density at radius 2 is 2.10 bits per heavy atom. The molecule has 0 saturated carbocycles. The lowest BCUT2D eigenvalue weighted by molar-refractivity contribution is -0.143. The second-order valence-electron chi connectivity index (χ2n) is 7.40. The second-order valence-corrected chi connectivity index (χ2v) is 7.40. The number of nitrogens with one attached hydrogen (secondary N) is 2. The van der Waals surface area contributed by atoms with Crippen LogP contribution in [0.4, 0.5) is 0 Å². The van der Waals surface area contributed by atoms with E-state index in [1.807, 2.05) is 49.4 Å². The van der Waals surface area contributed by atoms with E-state index in [4.69, 9.17) is 4.74 Å². The number of H-pyrrole nitrogens is 1. The van der Waals surface area contributed by atoms with Gasteiger partial charge in [0.15, 0.2) is 0 Å². The van der Waals surface area contributed by atoms with Gasteiger partial charge in [-0.25, -0.2) is 4.98 Å². The Morgan fingerprint density at radius 1 is 1.24 bits per heavy atom. The highest BCUT2D eigenvalue weighted by Crippen LogP contribution is 2.34. The lowest BCUT2D eigenvalue weighted by Crippen LogP contribution is -2.24. The van der Waals surface area contributed by atoms with Crippen LogP contribution in [0.1, 0.15) is 59.4 Å². The molecule has 0 bridgehead atoms. The van der Waals surface area contributed by atoms with E-state index in [-0.39, 0.29) is 17.8 Å². The normalized spacial score (nSPS) is 15.7. The van der Waals surface area contributed by atoms with Crippen LogP contribution in [-0.2, 0) is 22.5 Å². The molecule has 1 unspecified atom stereocenters. The first-order valence-electron chi connectivity index (χ1n) is 10.1. The maximum Gasteiger partial charge on any atom is 0.306 e. The van der Waals surface area contributed by atoms with Crippen LogP contribution in [0.25, 0.3) is 11.0 Å². The number of hydrogen-bond donors (Lipinski definition) is 2. The molecule has 1 aliphatic carbocycles. The summed E-state index contributed by atoms with van der Waals surface area (Å²) >= 11 is 0. The number of aryl methyl sites for hydroxylation is 1. The first-order valence-corrected chi connectivity index (χ1v) is 10.1. The Bertz CT molecular complexity index is 1010. The largest absolute Gasteiger partial charge is 0.466 e. The molecular weight excluding hydrogens is 366 g/mol. The Balaban J connectivity index is 1.43. The third-order valence-electron chi connectivity index (χ3n) is 5.42. The molecule has 1 aliphatic rings. The van der Waals surface area contributed by atoms with Crippen molar-refractivity contribution in [2.75, 3.05) is 6.61 Å². The van der Waals surface area contributed by atoms with E-state index in [2.05, 4.69) is 15.3 Å². The molecule has 4 rings (SSSR count). The van der Waals surface area contributed by atoms with Gasteiger partial charge >= 0.3 is 5.97 Å². The number of fused-ring (bicyclic) bond motifs is 2. The molecule has 3 aromatic rings. The average Bonchev–Trinajstić information content (AvgIpc) is 3.15. The van der Waals surface area contributed by atoms with Gasteiger partial charge in [-0.1, -0.05) is 18.2 Å². The van der Waals surface area contributed by atoms with Crippen LogP contribution < -0.4 is 5.32 Å². The zero-order valence-electron chi connectivity index (χ0n) is 16.5. The molecule has 0 spiro atoms. The number of para-hydroxylation sites is 2. The number of carbonyl (C=O) groups excluding carboxylic acids is 2. The highest BCUT2D eigenvalue weighted by atomic mass is 16.5. The number of amides is 1. The highest BCUT2D eigenvalue weighted by molar-refractivity contribution is 5.94. The van der Waals surface area contributed by atoms with Gasteiger partial charge in [0.1, 0.15) is 5.82 Å². The molecule has 1 amide bonds. The number of aromatic amines is 1. The predicted octanol–water partition coefficient (Wildman–Crippen LogP) is 3.87. The highest BCUT2D eigenvalue weighted by Gasteiger charge is 2.24. The molecule has 2 N–H and O–H groups in total. The smallest absolute Gasteiger partial charge is 0.306 e. The van der Waals surface area contributed by atoms with Gasteiger partial charge in [0.25, 0.3) is 5.91 Å². The first kappa shape index (κ1) is 19.2. The van der Waals surface area contributed by atoms with Crippen LogP contribution in [0.3, 0.4) is 0 Å². The maximum atomic E-state index is 12.6. The van der Waals surface area contributed by atoms with Crippen molar-refractivity contribution in [3.63, 3.8) is 0 Å². The van der Waals surface area contributed by atoms with Gasteiger partial charge in [-0.15, -0.1) is 0 Å². The van der Waals surface area contributed by atoms with Gasteiger partial charge in [0.05, 0.1) is 30.6 Å². The lowest BCUT2D eigenvalue weighted by atomic mass is 9.80. The summed E-state index contributed by atoms with van der Waals surface area (Å²) < 4.78 is 5.11. The summed E-state index contributed by atoms with van der Waals surface area (Å²) in [4.78, 5) is 32.2. The summed E-state index contributed by atoms with van der Waals surface area (Å²) in [6.45, 7) is 2.57. The molecular formula is C23H25N3O3. The second kappa shape index (κ2) is 8.47. The molecule has 6 nitrogen and oxygen atoms in total. The van der Waals surface area contributed by atoms with E-state index in [0.29, 0.717) is 25.1 Å². The molecule has 0 fully saturated rings. The van der Waals surface area contributed by atoms with Gasteiger partial charge in [-0.3, -0.25) is 9.59 Å². The molecule has 0 aliphatic heterocycles. The van der Waals surface area contributed by atoms with E-state index in [0.717, 1.165) is 47.2 Å². The Hall–Kier alpha value is -3.15. The number of ether oxygens (including phenoxy) is 1. The molecule has 1 aromatic heterocycles. The van der Waals surface area contributed by atoms with E-state index in [1.165, 1.54) is 0 Å². The third-order valence-corrected chi connectivity index (χ3v) is 5.42. The molecule has 1 atom stereocenters. The minimum Gasteiger partial charge on any atom is -0.466 e. The summed E-state index contributed by atoms with van der Waals surface area (Å²) in [7, 11) is 0. The summed E-state index contributed by atoms with van der Waals surface area (Å²) in [6, 6.07) is 13.6. The summed E-state index contributed by atoms with van der Waals surface area (Å²) in [5.74, 6) is 0.622.